The number of para-hydroxylation sites is 1. The lowest BCUT2D eigenvalue weighted by Gasteiger charge is -2.44. The number of hydrogen-bond acceptors (Lipinski definition) is 12. The average molecular weight is 621 g/mol. The van der Waals surface area contributed by atoms with Gasteiger partial charge in [0.2, 0.25) is 5.91 Å². The minimum Gasteiger partial charge on any atom is -0.485 e. The van der Waals surface area contributed by atoms with Gasteiger partial charge in [0.1, 0.15) is 36.5 Å². The Morgan fingerprint density at radius 3 is 2.30 bits per heavy atom. The normalized spacial score (nSPS) is 21.5. The van der Waals surface area contributed by atoms with Crippen LogP contribution in [-0.2, 0) is 51.3 Å². The zero-order valence-corrected chi connectivity index (χ0v) is 26.2. The smallest absolute Gasteiger partial charge is 0.303 e. The monoisotopic (exact) mass is 620 g/mol. The van der Waals surface area contributed by atoms with Gasteiger partial charge in [-0.05, 0) is 25.0 Å². The van der Waals surface area contributed by atoms with Crippen molar-refractivity contribution in [1.82, 2.24) is 20.1 Å². The summed E-state index contributed by atoms with van der Waals surface area (Å²) in [6, 6.07) is 6.71. The summed E-state index contributed by atoms with van der Waals surface area (Å²) in [4.78, 5) is 48.2. The Bertz CT molecular complexity index is 1270. The largest absolute Gasteiger partial charge is 0.485 e. The van der Waals surface area contributed by atoms with Gasteiger partial charge in [-0.3, -0.25) is 19.2 Å². The highest BCUT2D eigenvalue weighted by Crippen LogP contribution is 2.36. The van der Waals surface area contributed by atoms with Gasteiger partial charge >= 0.3 is 17.9 Å². The molecule has 13 nitrogen and oxygen atoms in total. The number of unbranched alkanes of at least 4 members (excludes halogenated alkanes) is 2. The highest BCUT2D eigenvalue weighted by molar-refractivity contribution is 7.99. The Kier molecular flexibility index (Phi) is 12.8. The quantitative estimate of drug-likeness (QED) is 0.187. The molecule has 5 atom stereocenters. The highest BCUT2D eigenvalue weighted by atomic mass is 32.2. The number of ether oxygens (including phenoxy) is 5. The number of benzene rings is 1. The second kappa shape index (κ2) is 16.3. The first kappa shape index (κ1) is 33.8. The molecule has 2 heterocycles. The van der Waals surface area contributed by atoms with Crippen molar-refractivity contribution in [2.45, 2.75) is 109 Å². The van der Waals surface area contributed by atoms with E-state index in [9.17, 15) is 19.2 Å². The van der Waals surface area contributed by atoms with E-state index >= 15 is 0 Å². The molecule has 0 bridgehead atoms. The maximum atomic E-state index is 12.3. The number of amides is 1. The fraction of sp³-hybridized carbons (Fsp3) is 0.586. The molecule has 1 aromatic heterocycles. The third kappa shape index (κ3) is 9.95. The number of carbonyl (C=O) groups excluding carboxylic acids is 4. The Morgan fingerprint density at radius 1 is 0.977 bits per heavy atom. The van der Waals surface area contributed by atoms with Gasteiger partial charge in [-0.2, -0.15) is 0 Å². The van der Waals surface area contributed by atoms with Gasteiger partial charge in [0.05, 0.1) is 0 Å². The topological polar surface area (TPSA) is 157 Å². The molecular formula is C29H40N4O9S. The molecule has 1 aliphatic rings. The Labute approximate surface area is 255 Å². The number of nitrogens with one attached hydrogen (secondary N) is 1. The van der Waals surface area contributed by atoms with Crippen molar-refractivity contribution in [3.8, 4) is 5.75 Å². The van der Waals surface area contributed by atoms with Crippen LogP contribution >= 0.6 is 11.8 Å². The average Bonchev–Trinajstić information content (AvgIpc) is 3.30. The van der Waals surface area contributed by atoms with E-state index in [1.807, 2.05) is 35.8 Å². The number of rotatable bonds is 14. The van der Waals surface area contributed by atoms with E-state index in [4.69, 9.17) is 23.7 Å². The Morgan fingerprint density at radius 2 is 1.67 bits per heavy atom. The van der Waals surface area contributed by atoms with Crippen molar-refractivity contribution in [3.63, 3.8) is 0 Å². The summed E-state index contributed by atoms with van der Waals surface area (Å²) >= 11 is 1.16. The van der Waals surface area contributed by atoms with Crippen LogP contribution in [0.3, 0.4) is 0 Å². The van der Waals surface area contributed by atoms with Crippen LogP contribution in [0, 0.1) is 6.92 Å². The molecule has 2 aromatic rings. The van der Waals surface area contributed by atoms with Crippen LogP contribution in [0.2, 0.25) is 0 Å². The second-order valence-electron chi connectivity index (χ2n) is 10.1. The molecule has 1 aromatic carbocycles. The molecule has 0 saturated carbocycles. The van der Waals surface area contributed by atoms with Crippen molar-refractivity contribution in [3.05, 3.63) is 35.7 Å². The third-order valence-corrected chi connectivity index (χ3v) is 7.67. The molecule has 0 radical (unpaired) electrons. The van der Waals surface area contributed by atoms with Gasteiger partial charge in [-0.25, -0.2) is 0 Å². The van der Waals surface area contributed by atoms with Crippen molar-refractivity contribution < 1.29 is 42.9 Å². The molecule has 1 amide bonds. The lowest BCUT2D eigenvalue weighted by Crippen LogP contribution is -2.65. The zero-order valence-electron chi connectivity index (χ0n) is 25.4. The number of hydrogen-bond donors (Lipinski definition) is 1. The number of nitrogens with zero attached hydrogens (tertiary/aromatic N) is 3. The minimum absolute atomic E-state index is 0.171. The molecule has 1 N–H and O–H groups in total. The van der Waals surface area contributed by atoms with Gasteiger partial charge < -0.3 is 33.6 Å². The van der Waals surface area contributed by atoms with E-state index < -0.39 is 53.6 Å². The van der Waals surface area contributed by atoms with Crippen LogP contribution in [0.4, 0.5) is 0 Å². The summed E-state index contributed by atoms with van der Waals surface area (Å²) in [6.45, 7) is 9.51. The number of thioether (sulfide) groups is 1. The highest BCUT2D eigenvalue weighted by Gasteiger charge is 2.51. The zero-order chi connectivity index (χ0) is 31.5. The number of aryl methyl sites for hydroxylation is 1. The predicted molar refractivity (Wildman–Crippen MR) is 155 cm³/mol. The van der Waals surface area contributed by atoms with Gasteiger partial charge in [0, 0.05) is 34.2 Å². The third-order valence-electron chi connectivity index (χ3n) is 6.52. The maximum Gasteiger partial charge on any atom is 0.303 e. The van der Waals surface area contributed by atoms with E-state index in [-0.39, 0.29) is 13.2 Å². The van der Waals surface area contributed by atoms with E-state index in [0.29, 0.717) is 17.5 Å². The summed E-state index contributed by atoms with van der Waals surface area (Å²) in [5.74, 6) is -0.993. The molecule has 0 spiro atoms. The minimum atomic E-state index is -1.17. The van der Waals surface area contributed by atoms with Crippen molar-refractivity contribution >= 4 is 35.6 Å². The molecule has 1 aliphatic heterocycles. The van der Waals surface area contributed by atoms with Crippen LogP contribution in [0.1, 0.15) is 65.3 Å². The number of esters is 3. The first-order chi connectivity index (χ1) is 20.5. The second-order valence-corrected chi connectivity index (χ2v) is 11.2. The molecule has 3 rings (SSSR count). The van der Waals surface area contributed by atoms with Gasteiger partial charge in [-0.15, -0.1) is 10.2 Å². The van der Waals surface area contributed by atoms with Crippen molar-refractivity contribution in [1.29, 1.82) is 0 Å². The van der Waals surface area contributed by atoms with Gasteiger partial charge in [-0.1, -0.05) is 49.7 Å². The standard InChI is InChI=1S/C29H40N4O9S/c1-7-8-11-14-33-24(16-39-22-13-10-9-12-17(22)2)31-32-29(33)43-28-25(30-18(3)34)27(41-21(6)37)26(40-20(5)36)23(42-28)15-38-19(4)35/h9-10,12-13,23,25-28H,7-8,11,14-16H2,1-6H3,(H,30,34)/t23-,25+,26+,27-,28+/m1/s1. The Balaban J connectivity index is 1.98. The summed E-state index contributed by atoms with van der Waals surface area (Å²) in [7, 11) is 0. The van der Waals surface area contributed by atoms with Crippen molar-refractivity contribution in [2.24, 2.45) is 0 Å². The first-order valence-corrected chi connectivity index (χ1v) is 15.1. The number of aromatic nitrogens is 3. The SMILES string of the molecule is CCCCCn1c(COc2ccccc2C)nnc1S[C@@H]1O[C@H](COC(C)=O)[C@H](OC(C)=O)[C@H](OC(C)=O)[C@@H]1NC(C)=O. The first-order valence-electron chi connectivity index (χ1n) is 14.2. The molecule has 236 valence electrons. The van der Waals surface area contributed by atoms with Crippen LogP contribution in [0.25, 0.3) is 0 Å². The summed E-state index contributed by atoms with van der Waals surface area (Å²) in [6.07, 6.45) is -0.486. The fourth-order valence-corrected chi connectivity index (χ4v) is 5.80. The number of carbonyl (C=O) groups is 4. The predicted octanol–water partition coefficient (Wildman–Crippen LogP) is 3.10. The lowest BCUT2D eigenvalue weighted by molar-refractivity contribution is -0.211. The summed E-state index contributed by atoms with van der Waals surface area (Å²) < 4.78 is 30.6. The van der Waals surface area contributed by atoms with Crippen LogP contribution in [-0.4, -0.2) is 75.0 Å². The summed E-state index contributed by atoms with van der Waals surface area (Å²) in [5, 5.41) is 12.1. The Hall–Kier alpha value is -3.65. The molecule has 0 aliphatic carbocycles. The molecule has 1 saturated heterocycles. The van der Waals surface area contributed by atoms with E-state index in [1.54, 1.807) is 0 Å². The molecular weight excluding hydrogens is 580 g/mol. The molecule has 43 heavy (non-hydrogen) atoms. The van der Waals surface area contributed by atoms with Gasteiger partial charge in [0.15, 0.2) is 23.2 Å². The summed E-state index contributed by atoms with van der Waals surface area (Å²) in [5.41, 5.74) is 0.0837. The fourth-order valence-electron chi connectivity index (χ4n) is 4.61. The van der Waals surface area contributed by atoms with E-state index in [1.165, 1.54) is 27.7 Å². The molecule has 14 heteroatoms. The molecule has 1 fully saturated rings. The van der Waals surface area contributed by atoms with E-state index in [2.05, 4.69) is 22.4 Å². The van der Waals surface area contributed by atoms with Crippen LogP contribution < -0.4 is 10.1 Å². The van der Waals surface area contributed by atoms with E-state index in [0.717, 1.165) is 42.3 Å². The van der Waals surface area contributed by atoms with Crippen molar-refractivity contribution in [2.75, 3.05) is 6.61 Å². The lowest BCUT2D eigenvalue weighted by atomic mass is 9.97. The molecule has 0 unspecified atom stereocenters. The van der Waals surface area contributed by atoms with Crippen LogP contribution in [0.5, 0.6) is 5.75 Å². The van der Waals surface area contributed by atoms with Gasteiger partial charge in [0.25, 0.3) is 0 Å². The van der Waals surface area contributed by atoms with Crippen LogP contribution in [0.15, 0.2) is 29.4 Å². The maximum absolute atomic E-state index is 12.3.